The third kappa shape index (κ3) is 3.88. The number of aromatic nitrogens is 2. The zero-order valence-corrected chi connectivity index (χ0v) is 13.9. The second kappa shape index (κ2) is 7.55. The van der Waals surface area contributed by atoms with Gasteiger partial charge in [0, 0.05) is 18.0 Å². The topological polar surface area (TPSA) is 63.8 Å². The summed E-state index contributed by atoms with van der Waals surface area (Å²) in [5.41, 5.74) is 10.0. The van der Waals surface area contributed by atoms with E-state index in [9.17, 15) is 0 Å². The zero-order chi connectivity index (χ0) is 16.1. The van der Waals surface area contributed by atoms with Crippen molar-refractivity contribution in [3.05, 3.63) is 41.9 Å². The van der Waals surface area contributed by atoms with Crippen molar-refractivity contribution in [3.63, 3.8) is 0 Å². The number of hydrogen-bond acceptors (Lipinski definition) is 4. The van der Waals surface area contributed by atoms with Gasteiger partial charge in [0.15, 0.2) is 0 Å². The van der Waals surface area contributed by atoms with E-state index < -0.39 is 0 Å². The van der Waals surface area contributed by atoms with Gasteiger partial charge in [0.25, 0.3) is 0 Å². The number of nitrogens with one attached hydrogen (secondary N) is 1. The number of rotatable bonds is 6. The Kier molecular flexibility index (Phi) is 5.23. The summed E-state index contributed by atoms with van der Waals surface area (Å²) in [5, 5.41) is 3.44. The van der Waals surface area contributed by atoms with E-state index in [0.29, 0.717) is 12.5 Å². The summed E-state index contributed by atoms with van der Waals surface area (Å²) >= 11 is 0. The Hall–Kier alpha value is -1.94. The minimum Gasteiger partial charge on any atom is -0.382 e. The van der Waals surface area contributed by atoms with Crippen LogP contribution in [0.5, 0.6) is 0 Å². The largest absolute Gasteiger partial charge is 0.382 e. The molecule has 0 aliphatic heterocycles. The highest BCUT2D eigenvalue weighted by molar-refractivity contribution is 5.73. The summed E-state index contributed by atoms with van der Waals surface area (Å²) in [6, 6.07) is 8.56. The fraction of sp³-hybridized carbons (Fsp3) is 0.474. The normalized spacial score (nSPS) is 15.0. The van der Waals surface area contributed by atoms with Gasteiger partial charge in [-0.2, -0.15) is 0 Å². The SMILES string of the molecule is Cc1ccc(-c2nc(C3CCCC3)ncc2NCCCN)cc1. The van der Waals surface area contributed by atoms with E-state index in [0.717, 1.165) is 35.7 Å². The maximum absolute atomic E-state index is 5.59. The van der Waals surface area contributed by atoms with Gasteiger partial charge in [0.1, 0.15) is 5.82 Å². The first-order valence-electron chi connectivity index (χ1n) is 8.66. The molecule has 1 fully saturated rings. The van der Waals surface area contributed by atoms with E-state index >= 15 is 0 Å². The summed E-state index contributed by atoms with van der Waals surface area (Å²) in [7, 11) is 0. The number of benzene rings is 1. The molecule has 23 heavy (non-hydrogen) atoms. The predicted octanol–water partition coefficient (Wildman–Crippen LogP) is 3.87. The van der Waals surface area contributed by atoms with Crippen LogP contribution in [0, 0.1) is 6.92 Å². The molecule has 0 bridgehead atoms. The van der Waals surface area contributed by atoms with Crippen LogP contribution in [-0.4, -0.2) is 23.1 Å². The molecule has 0 radical (unpaired) electrons. The number of anilines is 1. The minimum absolute atomic E-state index is 0.525. The molecule has 0 spiro atoms. The van der Waals surface area contributed by atoms with Crippen molar-refractivity contribution < 1.29 is 0 Å². The molecule has 0 saturated heterocycles. The van der Waals surface area contributed by atoms with Gasteiger partial charge in [-0.25, -0.2) is 9.97 Å². The molecular weight excluding hydrogens is 284 g/mol. The van der Waals surface area contributed by atoms with Crippen LogP contribution < -0.4 is 11.1 Å². The second-order valence-electron chi connectivity index (χ2n) is 6.41. The predicted molar refractivity (Wildman–Crippen MR) is 95.6 cm³/mol. The number of nitrogens with zero attached hydrogens (tertiary/aromatic N) is 2. The molecule has 0 atom stereocenters. The molecule has 4 heteroatoms. The van der Waals surface area contributed by atoms with Crippen molar-refractivity contribution in [1.82, 2.24) is 9.97 Å². The third-order valence-electron chi connectivity index (χ3n) is 4.55. The summed E-state index contributed by atoms with van der Waals surface area (Å²) in [6.07, 6.45) is 7.92. The van der Waals surface area contributed by atoms with Crippen LogP contribution >= 0.6 is 0 Å². The molecule has 3 rings (SSSR count). The van der Waals surface area contributed by atoms with Crippen LogP contribution in [0.25, 0.3) is 11.3 Å². The van der Waals surface area contributed by atoms with E-state index in [4.69, 9.17) is 10.7 Å². The van der Waals surface area contributed by atoms with Gasteiger partial charge in [0.05, 0.1) is 17.6 Å². The van der Waals surface area contributed by atoms with Crippen molar-refractivity contribution in [2.75, 3.05) is 18.4 Å². The average molecular weight is 310 g/mol. The molecular formula is C19H26N4. The first-order valence-corrected chi connectivity index (χ1v) is 8.66. The molecule has 1 aromatic heterocycles. The van der Waals surface area contributed by atoms with Crippen molar-refractivity contribution in [3.8, 4) is 11.3 Å². The Bertz CT molecular complexity index is 630. The Morgan fingerprint density at radius 1 is 1.17 bits per heavy atom. The van der Waals surface area contributed by atoms with E-state index in [-0.39, 0.29) is 0 Å². The maximum atomic E-state index is 5.59. The fourth-order valence-corrected chi connectivity index (χ4v) is 3.16. The monoisotopic (exact) mass is 310 g/mol. The molecule has 1 aliphatic carbocycles. The molecule has 1 heterocycles. The lowest BCUT2D eigenvalue weighted by Crippen LogP contribution is -2.11. The molecule has 0 unspecified atom stereocenters. The zero-order valence-electron chi connectivity index (χ0n) is 13.9. The van der Waals surface area contributed by atoms with Gasteiger partial charge in [-0.15, -0.1) is 0 Å². The Morgan fingerprint density at radius 2 is 1.91 bits per heavy atom. The first kappa shape index (κ1) is 15.9. The van der Waals surface area contributed by atoms with Gasteiger partial charge in [0.2, 0.25) is 0 Å². The van der Waals surface area contributed by atoms with E-state index in [1.54, 1.807) is 0 Å². The van der Waals surface area contributed by atoms with E-state index in [2.05, 4.69) is 41.5 Å². The lowest BCUT2D eigenvalue weighted by molar-refractivity contribution is 0.669. The van der Waals surface area contributed by atoms with Gasteiger partial charge in [-0.05, 0) is 32.7 Å². The fourth-order valence-electron chi connectivity index (χ4n) is 3.16. The van der Waals surface area contributed by atoms with Crippen molar-refractivity contribution in [1.29, 1.82) is 0 Å². The molecule has 1 saturated carbocycles. The van der Waals surface area contributed by atoms with Gasteiger partial charge >= 0.3 is 0 Å². The van der Waals surface area contributed by atoms with E-state index in [1.807, 2.05) is 6.20 Å². The highest BCUT2D eigenvalue weighted by Gasteiger charge is 2.21. The standard InChI is InChI=1S/C19H26N4/c1-14-7-9-15(10-8-14)18-17(21-12-4-11-20)13-22-19(23-18)16-5-2-3-6-16/h7-10,13,16,21H,2-6,11-12,20H2,1H3. The first-order chi connectivity index (χ1) is 11.3. The quantitative estimate of drug-likeness (QED) is 0.795. The molecule has 4 nitrogen and oxygen atoms in total. The van der Waals surface area contributed by atoms with Crippen LogP contribution in [0.2, 0.25) is 0 Å². The van der Waals surface area contributed by atoms with Crippen molar-refractivity contribution in [2.45, 2.75) is 44.9 Å². The lowest BCUT2D eigenvalue weighted by Gasteiger charge is -2.15. The Labute approximate surface area is 138 Å². The summed E-state index contributed by atoms with van der Waals surface area (Å²) < 4.78 is 0. The van der Waals surface area contributed by atoms with E-state index in [1.165, 1.54) is 31.2 Å². The second-order valence-corrected chi connectivity index (χ2v) is 6.41. The number of hydrogen-bond donors (Lipinski definition) is 2. The number of nitrogens with two attached hydrogens (primary N) is 1. The molecule has 1 aromatic carbocycles. The molecule has 3 N–H and O–H groups in total. The summed E-state index contributed by atoms with van der Waals surface area (Å²) in [5.74, 6) is 1.53. The molecule has 1 aliphatic rings. The molecule has 122 valence electrons. The number of aryl methyl sites for hydroxylation is 1. The maximum Gasteiger partial charge on any atom is 0.132 e. The average Bonchev–Trinajstić information content (AvgIpc) is 3.11. The highest BCUT2D eigenvalue weighted by atomic mass is 15.0. The molecule has 2 aromatic rings. The van der Waals surface area contributed by atoms with Crippen molar-refractivity contribution >= 4 is 5.69 Å². The Balaban J connectivity index is 1.93. The highest BCUT2D eigenvalue weighted by Crippen LogP contribution is 2.34. The summed E-state index contributed by atoms with van der Waals surface area (Å²) in [6.45, 7) is 3.64. The van der Waals surface area contributed by atoms with Crippen LogP contribution in [0.1, 0.15) is 49.4 Å². The van der Waals surface area contributed by atoms with Gasteiger partial charge in [-0.1, -0.05) is 42.7 Å². The smallest absolute Gasteiger partial charge is 0.132 e. The van der Waals surface area contributed by atoms with Gasteiger partial charge in [-0.3, -0.25) is 0 Å². The minimum atomic E-state index is 0.525. The van der Waals surface area contributed by atoms with Gasteiger partial charge < -0.3 is 11.1 Å². The lowest BCUT2D eigenvalue weighted by atomic mass is 10.1. The van der Waals surface area contributed by atoms with Crippen molar-refractivity contribution in [2.24, 2.45) is 5.73 Å². The van der Waals surface area contributed by atoms with Crippen LogP contribution in [0.15, 0.2) is 30.5 Å². The van der Waals surface area contributed by atoms with Crippen LogP contribution in [0.3, 0.4) is 0 Å². The molecule has 0 amide bonds. The Morgan fingerprint density at radius 3 is 2.61 bits per heavy atom. The van der Waals surface area contributed by atoms with Crippen LogP contribution in [-0.2, 0) is 0 Å². The summed E-state index contributed by atoms with van der Waals surface area (Å²) in [4.78, 5) is 9.57. The third-order valence-corrected chi connectivity index (χ3v) is 4.55. The van der Waals surface area contributed by atoms with Crippen LogP contribution in [0.4, 0.5) is 5.69 Å².